The number of hydrogen-bond acceptors (Lipinski definition) is 8. The van der Waals surface area contributed by atoms with Crippen LogP contribution in [0.15, 0.2) is 35.0 Å². The highest BCUT2D eigenvalue weighted by Crippen LogP contribution is 2.41. The second-order valence-corrected chi connectivity index (χ2v) is 9.74. The predicted molar refractivity (Wildman–Crippen MR) is 121 cm³/mol. The monoisotopic (exact) mass is 427 g/mol. The number of benzene rings is 1. The Morgan fingerprint density at radius 2 is 2.03 bits per heavy atom. The molecule has 0 aliphatic rings. The number of thiophene rings is 2. The molecule has 8 heteroatoms. The number of nitroso groups, excluding NO2 is 1. The Labute approximate surface area is 177 Å². The molecule has 0 unspecified atom stereocenters. The number of carbonyl (C=O) groups excluding carboxylic acids is 1. The normalized spacial score (nSPS) is 12.2. The van der Waals surface area contributed by atoms with E-state index < -0.39 is 11.6 Å². The van der Waals surface area contributed by atoms with Gasteiger partial charge in [-0.05, 0) is 45.0 Å². The van der Waals surface area contributed by atoms with Crippen molar-refractivity contribution >= 4 is 59.9 Å². The fourth-order valence-electron chi connectivity index (χ4n) is 2.80. The third kappa shape index (κ3) is 4.81. The predicted octanol–water partition coefficient (Wildman–Crippen LogP) is 5.57. The van der Waals surface area contributed by atoms with Gasteiger partial charge in [-0.2, -0.15) is 10.2 Å². The van der Waals surface area contributed by atoms with E-state index in [4.69, 9.17) is 4.74 Å². The van der Waals surface area contributed by atoms with Crippen molar-refractivity contribution in [3.63, 3.8) is 0 Å². The second kappa shape index (κ2) is 8.31. The number of nitriles is 1. The maximum Gasteiger partial charge on any atom is 0.349 e. The Morgan fingerprint density at radius 3 is 2.69 bits per heavy atom. The number of carbonyl (C=O) groups is 1. The van der Waals surface area contributed by atoms with Crippen LogP contribution in [0.25, 0.3) is 25.6 Å². The summed E-state index contributed by atoms with van der Waals surface area (Å²) < 4.78 is 8.68. The molecule has 150 valence electrons. The minimum Gasteiger partial charge on any atom is -0.456 e. The summed E-state index contributed by atoms with van der Waals surface area (Å²) in [5.74, 6) is -0.612. The third-order valence-electron chi connectivity index (χ3n) is 4.14. The lowest BCUT2D eigenvalue weighted by atomic mass is 10.2. The standard InChI is InChI=1S/C21H21N3O3S2/c1-21(2,3)27-20(25)13(12-22)9-15-11-18-19(28-15)16-6-5-14(10-17(16)29-18)24(4)8-7-23-26/h5-6,9-11H,7-8H2,1-4H3/b13-9+. The maximum atomic E-state index is 12.2. The summed E-state index contributed by atoms with van der Waals surface area (Å²) in [4.78, 5) is 25.4. The van der Waals surface area contributed by atoms with Gasteiger partial charge in [-0.3, -0.25) is 0 Å². The average Bonchev–Trinajstić information content (AvgIpc) is 3.19. The molecule has 0 saturated heterocycles. The van der Waals surface area contributed by atoms with Crippen molar-refractivity contribution in [2.24, 2.45) is 5.18 Å². The van der Waals surface area contributed by atoms with Gasteiger partial charge in [0, 0.05) is 38.9 Å². The lowest BCUT2D eigenvalue weighted by Gasteiger charge is -2.18. The van der Waals surface area contributed by atoms with E-state index >= 15 is 0 Å². The number of fused-ring (bicyclic) bond motifs is 3. The smallest absolute Gasteiger partial charge is 0.349 e. The van der Waals surface area contributed by atoms with Crippen molar-refractivity contribution in [2.75, 3.05) is 25.0 Å². The first-order chi connectivity index (χ1) is 13.7. The summed E-state index contributed by atoms with van der Waals surface area (Å²) in [5.41, 5.74) is 0.378. The Morgan fingerprint density at radius 1 is 1.28 bits per heavy atom. The highest BCUT2D eigenvalue weighted by Gasteiger charge is 2.20. The lowest BCUT2D eigenvalue weighted by Crippen LogP contribution is -2.24. The molecule has 0 radical (unpaired) electrons. The van der Waals surface area contributed by atoms with E-state index in [1.807, 2.05) is 30.1 Å². The molecular weight excluding hydrogens is 406 g/mol. The SMILES string of the molecule is CN(CCN=O)c1ccc2c(c1)sc1cc(/C=C(\C#N)C(=O)OC(C)(C)C)sc12. The number of nitrogens with zero attached hydrogens (tertiary/aromatic N) is 3. The van der Waals surface area contributed by atoms with Crippen molar-refractivity contribution in [2.45, 2.75) is 26.4 Å². The van der Waals surface area contributed by atoms with Crippen LogP contribution in [0.4, 0.5) is 5.69 Å². The summed E-state index contributed by atoms with van der Waals surface area (Å²) in [7, 11) is 1.94. The molecule has 0 bridgehead atoms. The van der Waals surface area contributed by atoms with Crippen LogP contribution in [0.5, 0.6) is 0 Å². The van der Waals surface area contributed by atoms with Gasteiger partial charge in [0.2, 0.25) is 0 Å². The Hall–Kier alpha value is -2.76. The summed E-state index contributed by atoms with van der Waals surface area (Å²) in [6.07, 6.45) is 1.59. The van der Waals surface area contributed by atoms with Crippen molar-refractivity contribution in [1.29, 1.82) is 5.26 Å². The molecule has 3 aromatic rings. The summed E-state index contributed by atoms with van der Waals surface area (Å²) in [6.45, 7) is 6.14. The zero-order valence-electron chi connectivity index (χ0n) is 16.7. The third-order valence-corrected chi connectivity index (χ3v) is 6.48. The first kappa shape index (κ1) is 21.0. The number of ether oxygens (including phenoxy) is 1. The van der Waals surface area contributed by atoms with E-state index in [0.29, 0.717) is 6.54 Å². The average molecular weight is 428 g/mol. The highest BCUT2D eigenvalue weighted by molar-refractivity contribution is 7.33. The molecule has 3 rings (SSSR count). The second-order valence-electron chi connectivity index (χ2n) is 7.57. The van der Waals surface area contributed by atoms with Crippen LogP contribution < -0.4 is 4.90 Å². The van der Waals surface area contributed by atoms with Crippen LogP contribution in [0.3, 0.4) is 0 Å². The van der Waals surface area contributed by atoms with E-state index in [-0.39, 0.29) is 12.1 Å². The minimum absolute atomic E-state index is 0.00849. The van der Waals surface area contributed by atoms with Gasteiger partial charge in [-0.1, -0.05) is 11.2 Å². The van der Waals surface area contributed by atoms with Crippen LogP contribution in [0, 0.1) is 16.2 Å². The zero-order chi connectivity index (χ0) is 21.2. The van der Waals surface area contributed by atoms with E-state index in [0.717, 1.165) is 30.1 Å². The molecule has 0 saturated carbocycles. The number of rotatable bonds is 6. The zero-order valence-corrected chi connectivity index (χ0v) is 18.3. The number of anilines is 1. The van der Waals surface area contributed by atoms with E-state index in [9.17, 15) is 15.0 Å². The fourth-order valence-corrected chi connectivity index (χ4v) is 5.31. The summed E-state index contributed by atoms with van der Waals surface area (Å²) >= 11 is 3.21. The van der Waals surface area contributed by atoms with E-state index in [2.05, 4.69) is 17.3 Å². The molecule has 0 amide bonds. The number of hydrogen-bond donors (Lipinski definition) is 0. The topological polar surface area (TPSA) is 82.8 Å². The van der Waals surface area contributed by atoms with Gasteiger partial charge in [-0.25, -0.2) is 4.79 Å². The van der Waals surface area contributed by atoms with Gasteiger partial charge >= 0.3 is 5.97 Å². The Balaban J connectivity index is 1.91. The highest BCUT2D eigenvalue weighted by atomic mass is 32.1. The molecule has 0 spiro atoms. The quantitative estimate of drug-likeness (QED) is 0.222. The fraction of sp³-hybridized carbons (Fsp3) is 0.333. The first-order valence-electron chi connectivity index (χ1n) is 9.03. The van der Waals surface area contributed by atoms with Gasteiger partial charge in [0.25, 0.3) is 0 Å². The van der Waals surface area contributed by atoms with Crippen LogP contribution >= 0.6 is 22.7 Å². The van der Waals surface area contributed by atoms with Gasteiger partial charge in [0.1, 0.15) is 17.2 Å². The van der Waals surface area contributed by atoms with E-state index in [1.165, 1.54) is 0 Å². The Bertz CT molecular complexity index is 1150. The Kier molecular flexibility index (Phi) is 6.01. The number of esters is 1. The molecule has 0 aliphatic heterocycles. The molecule has 0 atom stereocenters. The molecule has 6 nitrogen and oxygen atoms in total. The summed E-state index contributed by atoms with van der Waals surface area (Å²) in [6, 6.07) is 10.1. The van der Waals surface area contributed by atoms with E-state index in [1.54, 1.807) is 49.5 Å². The van der Waals surface area contributed by atoms with Crippen LogP contribution in [-0.4, -0.2) is 31.7 Å². The van der Waals surface area contributed by atoms with Gasteiger partial charge in [-0.15, -0.1) is 22.7 Å². The van der Waals surface area contributed by atoms with Gasteiger partial charge in [0.05, 0.1) is 11.2 Å². The molecule has 0 aliphatic carbocycles. The summed E-state index contributed by atoms with van der Waals surface area (Å²) in [5, 5.41) is 13.4. The molecular formula is C21H21N3O3S2. The van der Waals surface area contributed by atoms with Crippen LogP contribution in [-0.2, 0) is 9.53 Å². The lowest BCUT2D eigenvalue weighted by molar-refractivity contribution is -0.149. The van der Waals surface area contributed by atoms with Crippen LogP contribution in [0.2, 0.25) is 0 Å². The van der Waals surface area contributed by atoms with Gasteiger partial charge in [0.15, 0.2) is 0 Å². The van der Waals surface area contributed by atoms with Crippen molar-refractivity contribution in [1.82, 2.24) is 0 Å². The molecule has 2 aromatic heterocycles. The van der Waals surface area contributed by atoms with Crippen molar-refractivity contribution in [3.05, 3.63) is 39.6 Å². The molecule has 2 heterocycles. The van der Waals surface area contributed by atoms with Crippen molar-refractivity contribution in [3.8, 4) is 6.07 Å². The first-order valence-corrected chi connectivity index (χ1v) is 10.7. The molecule has 29 heavy (non-hydrogen) atoms. The minimum atomic E-state index is -0.647. The van der Waals surface area contributed by atoms with Crippen molar-refractivity contribution < 1.29 is 9.53 Å². The number of likely N-dealkylation sites (N-methyl/N-ethyl adjacent to an activating group) is 1. The van der Waals surface area contributed by atoms with Gasteiger partial charge < -0.3 is 9.64 Å². The maximum absolute atomic E-state index is 12.2. The largest absolute Gasteiger partial charge is 0.456 e. The molecule has 1 aromatic carbocycles. The van der Waals surface area contributed by atoms with Crippen LogP contribution in [0.1, 0.15) is 25.6 Å². The molecule has 0 fully saturated rings. The molecule has 0 N–H and O–H groups in total.